The molecule has 0 aliphatic heterocycles. The number of halogens is 11. The number of alkyl halides is 9. The molecule has 88 heavy (non-hydrogen) atoms. The molecule has 0 fully saturated rings. The third kappa shape index (κ3) is 22.7. The Hall–Kier alpha value is -8.45. The molecule has 5 aromatic heterocycles. The molecule has 0 aliphatic rings. The SMILES string of the molecule is C.C.C.C.C.Cn1ccc2cc(-c3cccc(C(=O)Cc4ccc(C(F)(F)F)cc4)n3)ccc21.Cn1ccc2cc(B(O)O)ccc21.Nc1ccc(C(F)(F)F)cc1.O=C(Cc1ccc(C(F)(F)F)cc1)c1cccc(Br)n1.O=C(O)c1cccc(Br)n1. The zero-order chi connectivity index (χ0) is 60.8. The highest BCUT2D eigenvalue weighted by Crippen LogP contribution is 2.32. The summed E-state index contributed by atoms with van der Waals surface area (Å²) in [5.41, 5.74) is 9.33. The monoisotopic (exact) mass is 1350 g/mol. The van der Waals surface area contributed by atoms with Gasteiger partial charge in [-0.1, -0.05) is 97.8 Å². The van der Waals surface area contributed by atoms with Crippen molar-refractivity contribution in [3.63, 3.8) is 0 Å². The van der Waals surface area contributed by atoms with Gasteiger partial charge in [0.2, 0.25) is 0 Å². The van der Waals surface area contributed by atoms with E-state index in [1.807, 2.05) is 78.1 Å². The molecule has 0 spiro atoms. The van der Waals surface area contributed by atoms with Gasteiger partial charge in [-0.3, -0.25) is 9.59 Å². The smallest absolute Gasteiger partial charge is 0.477 e. The van der Waals surface area contributed by atoms with Crippen LogP contribution in [0.2, 0.25) is 0 Å². The molecular weight excluding hydrogens is 1290 g/mol. The highest BCUT2D eigenvalue weighted by molar-refractivity contribution is 9.10. The van der Waals surface area contributed by atoms with Crippen LogP contribution in [0, 0.1) is 0 Å². The number of benzene rings is 5. The summed E-state index contributed by atoms with van der Waals surface area (Å²) in [5, 5.41) is 28.4. The lowest BCUT2D eigenvalue weighted by Gasteiger charge is -2.08. The number of anilines is 1. The molecule has 0 amide bonds. The minimum absolute atomic E-state index is 0. The number of aromatic nitrogens is 5. The molecule has 0 saturated carbocycles. The Bertz CT molecular complexity index is 3840. The number of carboxylic acid groups (broad SMARTS) is 1. The van der Waals surface area contributed by atoms with E-state index in [0.717, 1.165) is 63.8 Å². The third-order valence-corrected chi connectivity index (χ3v) is 12.8. The average Bonchev–Trinajstić information content (AvgIpc) is 4.18. The molecule has 24 heteroatoms. The second-order valence-corrected chi connectivity index (χ2v) is 19.6. The molecular formula is C64H66BBr2F9N6O6. The van der Waals surface area contributed by atoms with Crippen LogP contribution in [0.4, 0.5) is 45.2 Å². The Labute approximate surface area is 522 Å². The zero-order valence-corrected chi connectivity index (χ0v) is 46.6. The van der Waals surface area contributed by atoms with Crippen LogP contribution in [-0.2, 0) is 45.5 Å². The molecule has 0 bridgehead atoms. The summed E-state index contributed by atoms with van der Waals surface area (Å²) in [6.07, 6.45) is -9.10. The number of nitrogens with two attached hydrogens (primary N) is 1. The van der Waals surface area contributed by atoms with Crippen molar-refractivity contribution < 1.29 is 69.1 Å². The minimum atomic E-state index is -4.39. The summed E-state index contributed by atoms with van der Waals surface area (Å²) < 4.78 is 116. The zero-order valence-electron chi connectivity index (χ0n) is 43.4. The van der Waals surface area contributed by atoms with Gasteiger partial charge in [0.15, 0.2) is 11.6 Å². The predicted molar refractivity (Wildman–Crippen MR) is 338 cm³/mol. The van der Waals surface area contributed by atoms with E-state index in [1.165, 1.54) is 42.5 Å². The van der Waals surface area contributed by atoms with Crippen molar-refractivity contribution in [3.8, 4) is 11.3 Å². The fourth-order valence-electron chi connectivity index (χ4n) is 7.59. The number of nitrogens with zero attached hydrogens (tertiary/aromatic N) is 5. The summed E-state index contributed by atoms with van der Waals surface area (Å²) >= 11 is 6.21. The molecule has 10 rings (SSSR count). The predicted octanol–water partition coefficient (Wildman–Crippen LogP) is 16.8. The third-order valence-electron chi connectivity index (χ3n) is 11.9. The van der Waals surface area contributed by atoms with E-state index in [4.69, 9.17) is 20.9 Å². The van der Waals surface area contributed by atoms with Crippen LogP contribution in [0.3, 0.4) is 0 Å². The number of hydrogen-bond donors (Lipinski definition) is 4. The molecule has 0 unspecified atom stereocenters. The Kier molecular flexibility index (Phi) is 30.1. The number of hydrogen-bond acceptors (Lipinski definition) is 9. The van der Waals surface area contributed by atoms with Gasteiger partial charge in [-0.2, -0.15) is 39.5 Å². The van der Waals surface area contributed by atoms with E-state index in [9.17, 15) is 53.9 Å². The van der Waals surface area contributed by atoms with Crippen LogP contribution in [0.1, 0.15) is 96.4 Å². The van der Waals surface area contributed by atoms with Crippen molar-refractivity contribution in [1.29, 1.82) is 0 Å². The molecule has 5 heterocycles. The molecule has 0 saturated heterocycles. The summed E-state index contributed by atoms with van der Waals surface area (Å²) in [4.78, 5) is 47.0. The number of Topliss-reactive ketones (excluding diaryl/α,β-unsaturated/α-hetero) is 2. The molecule has 0 aliphatic carbocycles. The van der Waals surface area contributed by atoms with Crippen molar-refractivity contribution in [3.05, 3.63) is 242 Å². The van der Waals surface area contributed by atoms with Crippen molar-refractivity contribution in [2.75, 3.05) is 5.73 Å². The van der Waals surface area contributed by atoms with E-state index in [2.05, 4.69) is 46.8 Å². The van der Waals surface area contributed by atoms with Crippen molar-refractivity contribution in [2.24, 2.45) is 14.1 Å². The average molecular weight is 1360 g/mol. The second kappa shape index (κ2) is 34.2. The first-order valence-corrected chi connectivity index (χ1v) is 25.9. The summed E-state index contributed by atoms with van der Waals surface area (Å²) in [6.45, 7) is 0. The lowest BCUT2D eigenvalue weighted by molar-refractivity contribution is -0.138. The lowest BCUT2D eigenvalue weighted by Crippen LogP contribution is -2.29. The van der Waals surface area contributed by atoms with Gasteiger partial charge in [0.1, 0.15) is 26.3 Å². The fraction of sp³-hybridized carbons (Fsp3) is 0.188. The number of rotatable bonds is 9. The highest BCUT2D eigenvalue weighted by Gasteiger charge is 2.31. The van der Waals surface area contributed by atoms with Crippen molar-refractivity contribution >= 4 is 89.5 Å². The maximum absolute atomic E-state index is 12.7. The first-order valence-electron chi connectivity index (χ1n) is 24.3. The Balaban J connectivity index is 0.000000576. The van der Waals surface area contributed by atoms with E-state index >= 15 is 0 Å². The minimum Gasteiger partial charge on any atom is -0.477 e. The number of fused-ring (bicyclic) bond motifs is 2. The molecule has 10 aromatic rings. The van der Waals surface area contributed by atoms with Crippen molar-refractivity contribution in [2.45, 2.75) is 68.5 Å². The number of aryl methyl sites for hydroxylation is 2. The lowest BCUT2D eigenvalue weighted by atomic mass is 9.80. The van der Waals surface area contributed by atoms with Gasteiger partial charge in [-0.05, 0) is 169 Å². The molecule has 5 N–H and O–H groups in total. The van der Waals surface area contributed by atoms with Gasteiger partial charge in [0.05, 0.1) is 22.4 Å². The standard InChI is InChI=1S/C23H17F3N2O.C14H9BrF3NO.C9H10BNO2.C7H6F3N.C6H4BrNO2.5CH4/c1-28-12-11-17-14-16(7-10-21(17)28)19-3-2-4-20(27-19)22(29)13-15-5-8-18(9-6-15)23(24,25)26;15-13-3-1-2-11(19-13)12(20)8-9-4-6-10(7-5-9)14(16,17)18;1-11-5-4-7-6-8(10(12)13)2-3-9(7)11;8-7(9,10)5-1-3-6(11)4-2-5;7-5-3-1-2-4(8-5)6(9)10;;;;;/h2-12,14H,13H2,1H3;1-7H,8H2;2-6,12-13H,1H3;1-4H,11H2;1-3H,(H,9,10);5*1H4. The summed E-state index contributed by atoms with van der Waals surface area (Å²) in [5.74, 6) is -1.50. The van der Waals surface area contributed by atoms with Crippen LogP contribution < -0.4 is 11.2 Å². The van der Waals surface area contributed by atoms with Crippen LogP contribution in [0.25, 0.3) is 33.1 Å². The van der Waals surface area contributed by atoms with Gasteiger partial charge < -0.3 is 30.0 Å². The highest BCUT2D eigenvalue weighted by atomic mass is 79.9. The number of ketones is 2. The molecule has 0 radical (unpaired) electrons. The van der Waals surface area contributed by atoms with Crippen LogP contribution in [0.5, 0.6) is 0 Å². The summed E-state index contributed by atoms with van der Waals surface area (Å²) in [7, 11) is 2.54. The number of nitrogen functional groups attached to an aromatic ring is 1. The van der Waals surface area contributed by atoms with Crippen LogP contribution in [0.15, 0.2) is 198 Å². The topological polar surface area (TPSA) is 186 Å². The first-order chi connectivity index (χ1) is 39.0. The van der Waals surface area contributed by atoms with E-state index in [0.29, 0.717) is 37.2 Å². The quantitative estimate of drug-likeness (QED) is 0.0356. The molecule has 12 nitrogen and oxygen atoms in total. The second-order valence-electron chi connectivity index (χ2n) is 17.9. The number of pyridine rings is 3. The van der Waals surface area contributed by atoms with E-state index in [-0.39, 0.29) is 78.6 Å². The Morgan fingerprint density at radius 1 is 0.489 bits per heavy atom. The summed E-state index contributed by atoms with van der Waals surface area (Å²) in [6, 6.07) is 43.7. The molecule has 5 aromatic carbocycles. The maximum Gasteiger partial charge on any atom is 0.488 e. The van der Waals surface area contributed by atoms with Crippen LogP contribution >= 0.6 is 31.9 Å². The van der Waals surface area contributed by atoms with E-state index < -0.39 is 48.3 Å². The fourth-order valence-corrected chi connectivity index (χ4v) is 8.28. The van der Waals surface area contributed by atoms with Gasteiger partial charge in [0, 0.05) is 67.0 Å². The van der Waals surface area contributed by atoms with Gasteiger partial charge in [-0.15, -0.1) is 0 Å². The number of carbonyl (C=O) groups excluding carboxylic acids is 2. The first kappa shape index (κ1) is 77.6. The normalized spacial score (nSPS) is 10.5. The Morgan fingerprint density at radius 2 is 0.864 bits per heavy atom. The number of carbonyl (C=O) groups is 3. The van der Waals surface area contributed by atoms with Gasteiger partial charge >= 0.3 is 31.6 Å². The van der Waals surface area contributed by atoms with E-state index in [1.54, 1.807) is 54.6 Å². The molecule has 468 valence electrons. The molecule has 0 atom stereocenters. The Morgan fingerprint density at radius 3 is 1.26 bits per heavy atom. The largest absolute Gasteiger partial charge is 0.488 e. The van der Waals surface area contributed by atoms with Crippen LogP contribution in [-0.4, -0.2) is 63.9 Å². The maximum atomic E-state index is 12.7. The van der Waals surface area contributed by atoms with Gasteiger partial charge in [0.25, 0.3) is 0 Å². The van der Waals surface area contributed by atoms with Gasteiger partial charge in [-0.25, -0.2) is 19.7 Å². The van der Waals surface area contributed by atoms with Crippen molar-refractivity contribution in [1.82, 2.24) is 24.1 Å². The number of carboxylic acids is 1. The number of aromatic carboxylic acids is 1.